The lowest BCUT2D eigenvalue weighted by Crippen LogP contribution is -2.22. The number of amides is 1. The summed E-state index contributed by atoms with van der Waals surface area (Å²) in [5.41, 5.74) is 0.769. The number of rotatable bonds is 7. The molecular weight excluding hydrogens is 226 g/mol. The average Bonchev–Trinajstić information content (AvgIpc) is 2.39. The van der Waals surface area contributed by atoms with Crippen molar-refractivity contribution in [2.45, 2.75) is 52.1 Å². The van der Waals surface area contributed by atoms with E-state index in [1.807, 2.05) is 37.3 Å². The van der Waals surface area contributed by atoms with Crippen molar-refractivity contribution >= 4 is 11.8 Å². The van der Waals surface area contributed by atoms with Gasteiger partial charge in [0, 0.05) is 5.69 Å². The molecule has 1 N–H and O–H groups in total. The SMILES string of the molecule is CCCCCC(CC)OC(=O)Nc1ccccc1. The third-order valence-corrected chi connectivity index (χ3v) is 2.88. The maximum atomic E-state index is 11.7. The van der Waals surface area contributed by atoms with Gasteiger partial charge in [0.2, 0.25) is 0 Å². The zero-order chi connectivity index (χ0) is 13.2. The van der Waals surface area contributed by atoms with Crippen molar-refractivity contribution in [3.05, 3.63) is 30.3 Å². The van der Waals surface area contributed by atoms with Crippen LogP contribution in [0.2, 0.25) is 0 Å². The van der Waals surface area contributed by atoms with Gasteiger partial charge in [0.25, 0.3) is 0 Å². The van der Waals surface area contributed by atoms with Gasteiger partial charge in [-0.2, -0.15) is 0 Å². The molecule has 0 aromatic heterocycles. The molecule has 1 amide bonds. The Balaban J connectivity index is 2.33. The van der Waals surface area contributed by atoms with E-state index in [1.165, 1.54) is 12.8 Å². The molecule has 0 aliphatic carbocycles. The molecule has 18 heavy (non-hydrogen) atoms. The summed E-state index contributed by atoms with van der Waals surface area (Å²) in [5.74, 6) is 0. The molecule has 1 rings (SSSR count). The Kier molecular flexibility index (Phi) is 6.92. The lowest BCUT2D eigenvalue weighted by Gasteiger charge is -2.16. The highest BCUT2D eigenvalue weighted by Crippen LogP contribution is 2.12. The van der Waals surface area contributed by atoms with Crippen molar-refractivity contribution in [2.75, 3.05) is 5.32 Å². The lowest BCUT2D eigenvalue weighted by atomic mass is 10.1. The van der Waals surface area contributed by atoms with Crippen LogP contribution in [0, 0.1) is 0 Å². The topological polar surface area (TPSA) is 38.3 Å². The van der Waals surface area contributed by atoms with Gasteiger partial charge in [-0.05, 0) is 31.4 Å². The zero-order valence-corrected chi connectivity index (χ0v) is 11.3. The lowest BCUT2D eigenvalue weighted by molar-refractivity contribution is 0.101. The first-order valence-corrected chi connectivity index (χ1v) is 6.79. The number of unbranched alkanes of at least 4 members (excludes halogenated alkanes) is 2. The minimum absolute atomic E-state index is 0.0280. The molecule has 100 valence electrons. The number of nitrogens with one attached hydrogen (secondary N) is 1. The molecular formula is C15H23NO2. The Bertz CT molecular complexity index is 338. The number of anilines is 1. The van der Waals surface area contributed by atoms with Crippen molar-refractivity contribution in [3.63, 3.8) is 0 Å². The Hall–Kier alpha value is -1.51. The Labute approximate surface area is 110 Å². The summed E-state index contributed by atoms with van der Waals surface area (Å²) in [7, 11) is 0. The van der Waals surface area contributed by atoms with E-state index in [0.29, 0.717) is 0 Å². The van der Waals surface area contributed by atoms with Crippen LogP contribution in [0.15, 0.2) is 30.3 Å². The molecule has 0 radical (unpaired) electrons. The van der Waals surface area contributed by atoms with E-state index < -0.39 is 0 Å². The van der Waals surface area contributed by atoms with Crippen LogP contribution in [-0.4, -0.2) is 12.2 Å². The van der Waals surface area contributed by atoms with Gasteiger partial charge < -0.3 is 4.74 Å². The largest absolute Gasteiger partial charge is 0.446 e. The van der Waals surface area contributed by atoms with Crippen LogP contribution >= 0.6 is 0 Å². The van der Waals surface area contributed by atoms with E-state index in [2.05, 4.69) is 12.2 Å². The summed E-state index contributed by atoms with van der Waals surface area (Å²) in [6, 6.07) is 9.37. The molecule has 0 aliphatic heterocycles. The second kappa shape index (κ2) is 8.56. The Morgan fingerprint density at radius 2 is 1.94 bits per heavy atom. The summed E-state index contributed by atoms with van der Waals surface area (Å²) in [4.78, 5) is 11.7. The molecule has 3 nitrogen and oxygen atoms in total. The minimum Gasteiger partial charge on any atom is -0.446 e. The summed E-state index contributed by atoms with van der Waals surface area (Å²) in [6.45, 7) is 4.22. The molecule has 0 saturated heterocycles. The fourth-order valence-corrected chi connectivity index (χ4v) is 1.79. The van der Waals surface area contributed by atoms with Crippen LogP contribution in [0.3, 0.4) is 0 Å². The normalized spacial score (nSPS) is 11.9. The van der Waals surface area contributed by atoms with Crippen LogP contribution in [0.1, 0.15) is 46.0 Å². The number of hydrogen-bond donors (Lipinski definition) is 1. The highest BCUT2D eigenvalue weighted by Gasteiger charge is 2.11. The molecule has 0 heterocycles. The molecule has 0 aliphatic rings. The molecule has 0 saturated carbocycles. The molecule has 1 aromatic rings. The predicted octanol–water partition coefficient (Wildman–Crippen LogP) is 4.59. The number of carbonyl (C=O) groups excluding carboxylic acids is 1. The van der Waals surface area contributed by atoms with Crippen LogP contribution in [0.25, 0.3) is 0 Å². The van der Waals surface area contributed by atoms with E-state index in [-0.39, 0.29) is 12.2 Å². The van der Waals surface area contributed by atoms with Crippen molar-refractivity contribution in [2.24, 2.45) is 0 Å². The van der Waals surface area contributed by atoms with Crippen molar-refractivity contribution in [1.29, 1.82) is 0 Å². The summed E-state index contributed by atoms with van der Waals surface area (Å²) in [6.07, 6.45) is 4.99. The average molecular weight is 249 g/mol. The predicted molar refractivity (Wildman–Crippen MR) is 74.8 cm³/mol. The summed E-state index contributed by atoms with van der Waals surface area (Å²) < 4.78 is 5.40. The number of hydrogen-bond acceptors (Lipinski definition) is 2. The Morgan fingerprint density at radius 3 is 2.56 bits per heavy atom. The van der Waals surface area contributed by atoms with Gasteiger partial charge in [0.1, 0.15) is 6.10 Å². The van der Waals surface area contributed by atoms with Gasteiger partial charge in [-0.25, -0.2) is 4.79 Å². The number of para-hydroxylation sites is 1. The third kappa shape index (κ3) is 5.71. The molecule has 0 spiro atoms. The molecule has 1 aromatic carbocycles. The smallest absolute Gasteiger partial charge is 0.411 e. The molecule has 1 atom stereocenters. The van der Waals surface area contributed by atoms with Crippen molar-refractivity contribution in [3.8, 4) is 0 Å². The second-order valence-corrected chi connectivity index (χ2v) is 4.42. The molecule has 0 fully saturated rings. The fraction of sp³-hybridized carbons (Fsp3) is 0.533. The number of carbonyl (C=O) groups is 1. The van der Waals surface area contributed by atoms with Gasteiger partial charge in [-0.1, -0.05) is 44.9 Å². The van der Waals surface area contributed by atoms with E-state index in [4.69, 9.17) is 4.74 Å². The van der Waals surface area contributed by atoms with E-state index in [9.17, 15) is 4.79 Å². The van der Waals surface area contributed by atoms with Crippen LogP contribution in [-0.2, 0) is 4.74 Å². The standard InChI is InChI=1S/C15H23NO2/c1-3-5-7-12-14(4-2)18-15(17)16-13-10-8-6-9-11-13/h6,8-11,14H,3-5,7,12H2,1-2H3,(H,16,17). The van der Waals surface area contributed by atoms with Gasteiger partial charge in [0.15, 0.2) is 0 Å². The molecule has 1 unspecified atom stereocenters. The van der Waals surface area contributed by atoms with E-state index in [1.54, 1.807) is 0 Å². The van der Waals surface area contributed by atoms with Crippen molar-refractivity contribution in [1.82, 2.24) is 0 Å². The monoisotopic (exact) mass is 249 g/mol. The number of ether oxygens (including phenoxy) is 1. The first-order chi connectivity index (χ1) is 8.76. The van der Waals surface area contributed by atoms with Crippen LogP contribution in [0.5, 0.6) is 0 Å². The van der Waals surface area contributed by atoms with Gasteiger partial charge in [0.05, 0.1) is 0 Å². The highest BCUT2D eigenvalue weighted by molar-refractivity contribution is 5.84. The maximum Gasteiger partial charge on any atom is 0.411 e. The minimum atomic E-state index is -0.357. The molecule has 3 heteroatoms. The maximum absolute atomic E-state index is 11.7. The summed E-state index contributed by atoms with van der Waals surface area (Å²) >= 11 is 0. The van der Waals surface area contributed by atoms with Gasteiger partial charge in [-0.15, -0.1) is 0 Å². The van der Waals surface area contributed by atoms with E-state index >= 15 is 0 Å². The fourth-order valence-electron chi connectivity index (χ4n) is 1.79. The Morgan fingerprint density at radius 1 is 1.22 bits per heavy atom. The first kappa shape index (κ1) is 14.6. The number of benzene rings is 1. The quantitative estimate of drug-likeness (QED) is 0.717. The zero-order valence-electron chi connectivity index (χ0n) is 11.3. The third-order valence-electron chi connectivity index (χ3n) is 2.88. The first-order valence-electron chi connectivity index (χ1n) is 6.79. The second-order valence-electron chi connectivity index (χ2n) is 4.42. The molecule has 0 bridgehead atoms. The highest BCUT2D eigenvalue weighted by atomic mass is 16.6. The van der Waals surface area contributed by atoms with Crippen LogP contribution < -0.4 is 5.32 Å². The summed E-state index contributed by atoms with van der Waals surface area (Å²) in [5, 5.41) is 2.74. The van der Waals surface area contributed by atoms with Crippen LogP contribution in [0.4, 0.5) is 10.5 Å². The van der Waals surface area contributed by atoms with Gasteiger partial charge in [-0.3, -0.25) is 5.32 Å². The van der Waals surface area contributed by atoms with E-state index in [0.717, 1.165) is 24.9 Å². The van der Waals surface area contributed by atoms with Crippen molar-refractivity contribution < 1.29 is 9.53 Å². The van der Waals surface area contributed by atoms with Gasteiger partial charge >= 0.3 is 6.09 Å².